The van der Waals surface area contributed by atoms with Gasteiger partial charge in [0.05, 0.1) is 6.54 Å². The maximum atomic E-state index is 13.6. The summed E-state index contributed by atoms with van der Waals surface area (Å²) in [5.41, 5.74) is 0.447. The normalized spacial score (nSPS) is 15.6. The van der Waals surface area contributed by atoms with Gasteiger partial charge in [-0.05, 0) is 25.8 Å². The second kappa shape index (κ2) is 6.87. The summed E-state index contributed by atoms with van der Waals surface area (Å²) in [6.07, 6.45) is 1.84. The molecular weight excluding hydrogens is 287 g/mol. The number of hydrogen-bond acceptors (Lipinski definition) is 3. The van der Waals surface area contributed by atoms with Crippen molar-refractivity contribution in [1.82, 2.24) is 9.80 Å². The van der Waals surface area contributed by atoms with E-state index < -0.39 is 12.0 Å². The van der Waals surface area contributed by atoms with E-state index >= 15 is 0 Å². The highest BCUT2D eigenvalue weighted by Gasteiger charge is 2.36. The van der Waals surface area contributed by atoms with Crippen LogP contribution in [0, 0.1) is 5.82 Å². The van der Waals surface area contributed by atoms with Gasteiger partial charge in [-0.25, -0.2) is 4.39 Å². The molecule has 0 aliphatic heterocycles. The Kier molecular flexibility index (Phi) is 5.13. The molecule has 1 aliphatic carbocycles. The highest BCUT2D eigenvalue weighted by molar-refractivity contribution is 5.80. The van der Waals surface area contributed by atoms with Crippen molar-refractivity contribution in [3.05, 3.63) is 35.6 Å². The van der Waals surface area contributed by atoms with Gasteiger partial charge in [-0.15, -0.1) is 0 Å². The molecule has 1 fully saturated rings. The molecule has 0 aromatic heterocycles. The maximum Gasteiger partial charge on any atom is 0.320 e. The van der Waals surface area contributed by atoms with Crippen molar-refractivity contribution in [3.63, 3.8) is 0 Å². The van der Waals surface area contributed by atoms with E-state index in [1.807, 2.05) is 0 Å². The monoisotopic (exact) mass is 308 g/mol. The summed E-state index contributed by atoms with van der Waals surface area (Å²) in [6, 6.07) is 5.79. The predicted octanol–water partition coefficient (Wildman–Crippen LogP) is 1.72. The Labute approximate surface area is 129 Å². The van der Waals surface area contributed by atoms with Crippen LogP contribution in [0.5, 0.6) is 0 Å². The number of carboxylic acids is 1. The number of nitrogens with zero attached hydrogens (tertiary/aromatic N) is 2. The first-order valence-corrected chi connectivity index (χ1v) is 7.36. The lowest BCUT2D eigenvalue weighted by atomic mass is 10.2. The van der Waals surface area contributed by atoms with Crippen LogP contribution < -0.4 is 0 Å². The highest BCUT2D eigenvalue weighted by Crippen LogP contribution is 2.28. The van der Waals surface area contributed by atoms with Gasteiger partial charge in [0, 0.05) is 25.2 Å². The lowest BCUT2D eigenvalue weighted by Crippen LogP contribution is -2.46. The summed E-state index contributed by atoms with van der Waals surface area (Å²) in [5, 5.41) is 9.14. The molecule has 0 heterocycles. The van der Waals surface area contributed by atoms with E-state index in [-0.39, 0.29) is 30.9 Å². The maximum absolute atomic E-state index is 13.6. The van der Waals surface area contributed by atoms with Gasteiger partial charge in [-0.3, -0.25) is 14.5 Å². The van der Waals surface area contributed by atoms with Gasteiger partial charge in [-0.2, -0.15) is 0 Å². The molecule has 1 atom stereocenters. The molecule has 0 bridgehead atoms. The predicted molar refractivity (Wildman–Crippen MR) is 79.7 cm³/mol. The quantitative estimate of drug-likeness (QED) is 0.833. The van der Waals surface area contributed by atoms with Crippen molar-refractivity contribution >= 4 is 11.9 Å². The average Bonchev–Trinajstić information content (AvgIpc) is 3.30. The van der Waals surface area contributed by atoms with Gasteiger partial charge >= 0.3 is 5.97 Å². The fraction of sp³-hybridized carbons (Fsp3) is 0.500. The van der Waals surface area contributed by atoms with Crippen LogP contribution in [0.4, 0.5) is 4.39 Å². The Morgan fingerprint density at radius 3 is 2.55 bits per heavy atom. The number of carbonyl (C=O) groups is 2. The van der Waals surface area contributed by atoms with E-state index in [1.54, 1.807) is 37.1 Å². The molecule has 0 spiro atoms. The van der Waals surface area contributed by atoms with Crippen LogP contribution in [0.25, 0.3) is 0 Å². The van der Waals surface area contributed by atoms with Gasteiger partial charge in [0.25, 0.3) is 0 Å². The summed E-state index contributed by atoms with van der Waals surface area (Å²) in [7, 11) is 1.60. The van der Waals surface area contributed by atoms with Gasteiger partial charge in [0.15, 0.2) is 0 Å². The molecule has 120 valence electrons. The Bertz CT molecular complexity index is 560. The van der Waals surface area contributed by atoms with Crippen LogP contribution in [-0.2, 0) is 16.1 Å². The number of benzene rings is 1. The van der Waals surface area contributed by atoms with Crippen molar-refractivity contribution in [1.29, 1.82) is 0 Å². The lowest BCUT2D eigenvalue weighted by molar-refractivity contribution is -0.144. The number of rotatable bonds is 7. The zero-order valence-corrected chi connectivity index (χ0v) is 12.8. The first kappa shape index (κ1) is 16.4. The van der Waals surface area contributed by atoms with Crippen LogP contribution in [-0.4, -0.2) is 52.5 Å². The van der Waals surface area contributed by atoms with Crippen LogP contribution in [0.2, 0.25) is 0 Å². The fourth-order valence-corrected chi connectivity index (χ4v) is 2.38. The largest absolute Gasteiger partial charge is 0.480 e. The Morgan fingerprint density at radius 2 is 2.00 bits per heavy atom. The smallest absolute Gasteiger partial charge is 0.320 e. The summed E-state index contributed by atoms with van der Waals surface area (Å²) in [5.74, 6) is -1.49. The van der Waals surface area contributed by atoms with Crippen LogP contribution in [0.3, 0.4) is 0 Å². The highest BCUT2D eigenvalue weighted by atomic mass is 19.1. The third kappa shape index (κ3) is 4.04. The van der Waals surface area contributed by atoms with E-state index in [1.165, 1.54) is 11.0 Å². The Balaban J connectivity index is 1.98. The van der Waals surface area contributed by atoms with E-state index in [0.717, 1.165) is 12.8 Å². The van der Waals surface area contributed by atoms with Gasteiger partial charge in [-0.1, -0.05) is 18.2 Å². The Morgan fingerprint density at radius 1 is 1.36 bits per heavy atom. The third-order valence-corrected chi connectivity index (χ3v) is 3.98. The molecule has 1 N–H and O–H groups in total. The molecule has 5 nitrogen and oxygen atoms in total. The van der Waals surface area contributed by atoms with Gasteiger partial charge < -0.3 is 10.0 Å². The number of carboxylic acid groups (broad SMARTS) is 1. The molecule has 0 saturated heterocycles. The number of carbonyl (C=O) groups excluding carboxylic acids is 1. The van der Waals surface area contributed by atoms with E-state index in [2.05, 4.69) is 0 Å². The molecule has 1 aliphatic rings. The molecule has 1 aromatic carbocycles. The molecule has 22 heavy (non-hydrogen) atoms. The summed E-state index contributed by atoms with van der Waals surface area (Å²) < 4.78 is 13.6. The van der Waals surface area contributed by atoms with E-state index in [0.29, 0.717) is 5.56 Å². The standard InChI is InChI=1S/C16H21FN2O3/c1-11(16(21)22)19(13-7-8-13)10-15(20)18(2)9-12-5-3-4-6-14(12)17/h3-6,11,13H,7-10H2,1-2H3,(H,21,22). The van der Waals surface area contributed by atoms with E-state index in [4.69, 9.17) is 5.11 Å². The Hall–Kier alpha value is -1.95. The fourth-order valence-electron chi connectivity index (χ4n) is 2.38. The van der Waals surface area contributed by atoms with Crippen molar-refractivity contribution in [3.8, 4) is 0 Å². The van der Waals surface area contributed by atoms with Crippen molar-refractivity contribution in [2.75, 3.05) is 13.6 Å². The summed E-state index contributed by atoms with van der Waals surface area (Å²) in [4.78, 5) is 26.6. The van der Waals surface area contributed by atoms with Crippen molar-refractivity contribution in [2.24, 2.45) is 0 Å². The summed E-state index contributed by atoms with van der Waals surface area (Å²) >= 11 is 0. The minimum atomic E-state index is -0.934. The van der Waals surface area contributed by atoms with Gasteiger partial charge in [0.1, 0.15) is 11.9 Å². The minimum absolute atomic E-state index is 0.0447. The number of amides is 1. The first-order valence-electron chi connectivity index (χ1n) is 7.36. The molecule has 6 heteroatoms. The molecule has 0 radical (unpaired) electrons. The first-order chi connectivity index (χ1) is 10.4. The second-order valence-electron chi connectivity index (χ2n) is 5.76. The summed E-state index contributed by atoms with van der Waals surface area (Å²) in [6.45, 7) is 1.80. The average molecular weight is 308 g/mol. The lowest BCUT2D eigenvalue weighted by Gasteiger charge is -2.28. The molecule has 1 saturated carbocycles. The molecule has 2 rings (SSSR count). The molecular formula is C16H21FN2O3. The number of aliphatic carboxylic acids is 1. The third-order valence-electron chi connectivity index (χ3n) is 3.98. The molecule has 1 aromatic rings. The van der Waals surface area contributed by atoms with E-state index in [9.17, 15) is 14.0 Å². The second-order valence-corrected chi connectivity index (χ2v) is 5.76. The van der Waals surface area contributed by atoms with Crippen molar-refractivity contribution in [2.45, 2.75) is 38.4 Å². The van der Waals surface area contributed by atoms with Crippen LogP contribution in [0.15, 0.2) is 24.3 Å². The molecule has 1 unspecified atom stereocenters. The molecule has 1 amide bonds. The zero-order chi connectivity index (χ0) is 16.3. The number of likely N-dealkylation sites (N-methyl/N-ethyl adjacent to an activating group) is 1. The number of halogens is 1. The minimum Gasteiger partial charge on any atom is -0.480 e. The number of hydrogen-bond donors (Lipinski definition) is 1. The van der Waals surface area contributed by atoms with Gasteiger partial charge in [0.2, 0.25) is 5.91 Å². The SMILES string of the molecule is CC(C(=O)O)N(CC(=O)N(C)Cc1ccccc1F)C1CC1. The topological polar surface area (TPSA) is 60.9 Å². The van der Waals surface area contributed by atoms with Crippen LogP contribution >= 0.6 is 0 Å². The zero-order valence-electron chi connectivity index (χ0n) is 12.8. The van der Waals surface area contributed by atoms with Crippen LogP contribution in [0.1, 0.15) is 25.3 Å². The van der Waals surface area contributed by atoms with Crippen molar-refractivity contribution < 1.29 is 19.1 Å².